The second-order valence-electron chi connectivity index (χ2n) is 3.76. The monoisotopic (exact) mass is 235 g/mol. The molecule has 6 heteroatoms. The van der Waals surface area contributed by atoms with Crippen LogP contribution in [0.25, 0.3) is 0 Å². The Balaban J connectivity index is 2.30. The van der Waals surface area contributed by atoms with Gasteiger partial charge in [-0.05, 0) is 13.3 Å². The van der Waals surface area contributed by atoms with E-state index in [2.05, 4.69) is 20.4 Å². The van der Waals surface area contributed by atoms with Gasteiger partial charge in [0, 0.05) is 18.8 Å². The summed E-state index contributed by atoms with van der Waals surface area (Å²) in [5.74, 6) is 0.318. The molecular formula is C11H14FN5. The molecule has 0 amide bonds. The maximum Gasteiger partial charge on any atom is 0.187 e. The lowest BCUT2D eigenvalue weighted by Gasteiger charge is -2.05. The van der Waals surface area contributed by atoms with Crippen molar-refractivity contribution in [2.75, 3.05) is 5.32 Å². The summed E-state index contributed by atoms with van der Waals surface area (Å²) >= 11 is 0. The highest BCUT2D eigenvalue weighted by atomic mass is 19.1. The first-order valence-electron chi connectivity index (χ1n) is 5.39. The summed E-state index contributed by atoms with van der Waals surface area (Å²) in [4.78, 5) is 7.74. The number of hydrogen-bond acceptors (Lipinski definition) is 4. The van der Waals surface area contributed by atoms with Gasteiger partial charge in [0.2, 0.25) is 0 Å². The van der Waals surface area contributed by atoms with Gasteiger partial charge in [-0.25, -0.2) is 14.4 Å². The molecule has 90 valence electrons. The van der Waals surface area contributed by atoms with Crippen molar-refractivity contribution in [2.24, 2.45) is 7.05 Å². The van der Waals surface area contributed by atoms with E-state index in [1.807, 2.05) is 27.0 Å². The number of aryl methyl sites for hydroxylation is 3. The minimum Gasteiger partial charge on any atom is -0.321 e. The van der Waals surface area contributed by atoms with E-state index in [4.69, 9.17) is 0 Å². The third kappa shape index (κ3) is 2.25. The van der Waals surface area contributed by atoms with E-state index in [9.17, 15) is 4.39 Å². The smallest absolute Gasteiger partial charge is 0.187 e. The second-order valence-corrected chi connectivity index (χ2v) is 3.76. The summed E-state index contributed by atoms with van der Waals surface area (Å²) < 4.78 is 15.6. The van der Waals surface area contributed by atoms with Crippen LogP contribution in [-0.4, -0.2) is 19.7 Å². The maximum atomic E-state index is 13.8. The molecule has 5 nitrogen and oxygen atoms in total. The van der Waals surface area contributed by atoms with Gasteiger partial charge in [-0.15, -0.1) is 0 Å². The van der Waals surface area contributed by atoms with Gasteiger partial charge in [0.05, 0.1) is 5.69 Å². The van der Waals surface area contributed by atoms with Gasteiger partial charge in [0.15, 0.2) is 17.5 Å². The second kappa shape index (κ2) is 4.48. The largest absolute Gasteiger partial charge is 0.321 e. The van der Waals surface area contributed by atoms with Gasteiger partial charge in [-0.1, -0.05) is 6.92 Å². The third-order valence-electron chi connectivity index (χ3n) is 2.56. The van der Waals surface area contributed by atoms with Gasteiger partial charge < -0.3 is 5.32 Å². The average molecular weight is 235 g/mol. The van der Waals surface area contributed by atoms with Crippen molar-refractivity contribution in [3.8, 4) is 0 Å². The van der Waals surface area contributed by atoms with Gasteiger partial charge in [-0.2, -0.15) is 5.10 Å². The van der Waals surface area contributed by atoms with Gasteiger partial charge >= 0.3 is 0 Å². The van der Waals surface area contributed by atoms with E-state index in [0.717, 1.165) is 5.69 Å². The molecule has 0 unspecified atom stereocenters. The van der Waals surface area contributed by atoms with Crippen LogP contribution in [0.15, 0.2) is 12.4 Å². The van der Waals surface area contributed by atoms with Crippen molar-refractivity contribution < 1.29 is 4.39 Å². The number of nitrogens with one attached hydrogen (secondary N) is 1. The lowest BCUT2D eigenvalue weighted by atomic mass is 10.3. The topological polar surface area (TPSA) is 55.6 Å². The molecule has 0 saturated carbocycles. The number of aromatic nitrogens is 4. The minimum atomic E-state index is -0.418. The summed E-state index contributed by atoms with van der Waals surface area (Å²) in [6.07, 6.45) is 1.88. The first-order chi connectivity index (χ1) is 8.11. The van der Waals surface area contributed by atoms with E-state index in [1.165, 1.54) is 6.33 Å². The number of nitrogens with zero attached hydrogens (tertiary/aromatic N) is 4. The first-order valence-corrected chi connectivity index (χ1v) is 5.39. The van der Waals surface area contributed by atoms with Crippen LogP contribution < -0.4 is 5.32 Å². The molecule has 0 aliphatic rings. The Morgan fingerprint density at radius 2 is 2.18 bits per heavy atom. The normalized spacial score (nSPS) is 10.6. The molecule has 1 N–H and O–H groups in total. The Morgan fingerprint density at radius 1 is 1.41 bits per heavy atom. The molecule has 2 aromatic rings. The highest BCUT2D eigenvalue weighted by molar-refractivity contribution is 5.52. The summed E-state index contributed by atoms with van der Waals surface area (Å²) in [6.45, 7) is 3.77. The van der Waals surface area contributed by atoms with Crippen molar-refractivity contribution in [2.45, 2.75) is 20.3 Å². The van der Waals surface area contributed by atoms with Crippen molar-refractivity contribution in [3.63, 3.8) is 0 Å². The fourth-order valence-corrected chi connectivity index (χ4v) is 1.48. The molecule has 0 bridgehead atoms. The molecular weight excluding hydrogens is 221 g/mol. The molecule has 0 spiro atoms. The molecule has 2 heterocycles. The molecule has 0 aliphatic heterocycles. The first kappa shape index (κ1) is 11.5. The van der Waals surface area contributed by atoms with Gasteiger partial charge in [0.25, 0.3) is 0 Å². The van der Waals surface area contributed by atoms with Crippen LogP contribution in [0.3, 0.4) is 0 Å². The lowest BCUT2D eigenvalue weighted by molar-refractivity contribution is 0.598. The fraction of sp³-hybridized carbons (Fsp3) is 0.364. The Bertz CT molecular complexity index is 515. The fourth-order valence-electron chi connectivity index (χ4n) is 1.48. The van der Waals surface area contributed by atoms with Crippen molar-refractivity contribution in [3.05, 3.63) is 29.6 Å². The zero-order valence-electron chi connectivity index (χ0n) is 10.0. The number of halogens is 1. The molecule has 0 aliphatic carbocycles. The highest BCUT2D eigenvalue weighted by Gasteiger charge is 2.11. The molecule has 17 heavy (non-hydrogen) atoms. The number of anilines is 2. The van der Waals surface area contributed by atoms with Crippen molar-refractivity contribution in [1.82, 2.24) is 19.7 Å². The van der Waals surface area contributed by atoms with E-state index in [1.54, 1.807) is 4.68 Å². The standard InChI is InChI=1S/C11H14FN5/c1-4-8-10(12)11(14-6-13-8)15-9-5-7(2)17(3)16-9/h5-6H,4H2,1-3H3,(H,13,14,15,16). The third-order valence-corrected chi connectivity index (χ3v) is 2.56. The van der Waals surface area contributed by atoms with Crippen LogP contribution in [0.5, 0.6) is 0 Å². The Hall–Kier alpha value is -1.98. The Kier molecular flexibility index (Phi) is 3.03. The quantitative estimate of drug-likeness (QED) is 0.883. The number of rotatable bonds is 3. The predicted octanol–water partition coefficient (Wildman–Crippen LogP) is 1.96. The summed E-state index contributed by atoms with van der Waals surface area (Å²) in [7, 11) is 1.83. The maximum absolute atomic E-state index is 13.8. The van der Waals surface area contributed by atoms with Gasteiger partial charge in [-0.3, -0.25) is 4.68 Å². The summed E-state index contributed by atoms with van der Waals surface area (Å²) in [6, 6.07) is 1.83. The van der Waals surface area contributed by atoms with E-state index >= 15 is 0 Å². The highest BCUT2D eigenvalue weighted by Crippen LogP contribution is 2.18. The van der Waals surface area contributed by atoms with Crippen molar-refractivity contribution >= 4 is 11.6 Å². The van der Waals surface area contributed by atoms with Crippen LogP contribution in [0.1, 0.15) is 18.3 Å². The molecule has 0 radical (unpaired) electrons. The Morgan fingerprint density at radius 3 is 2.76 bits per heavy atom. The molecule has 0 saturated heterocycles. The molecule has 0 fully saturated rings. The predicted molar refractivity (Wildman–Crippen MR) is 62.6 cm³/mol. The van der Waals surface area contributed by atoms with Crippen LogP contribution >= 0.6 is 0 Å². The van der Waals surface area contributed by atoms with E-state index < -0.39 is 5.82 Å². The van der Waals surface area contributed by atoms with Crippen LogP contribution in [-0.2, 0) is 13.5 Å². The van der Waals surface area contributed by atoms with Crippen LogP contribution in [0.2, 0.25) is 0 Å². The summed E-state index contributed by atoms with van der Waals surface area (Å²) in [5, 5.41) is 7.03. The van der Waals surface area contributed by atoms with Gasteiger partial charge in [0.1, 0.15) is 6.33 Å². The van der Waals surface area contributed by atoms with Crippen molar-refractivity contribution in [1.29, 1.82) is 0 Å². The zero-order chi connectivity index (χ0) is 12.4. The average Bonchev–Trinajstić information content (AvgIpc) is 2.61. The minimum absolute atomic E-state index is 0.162. The number of hydrogen-bond donors (Lipinski definition) is 1. The SMILES string of the molecule is CCc1ncnc(Nc2cc(C)n(C)n2)c1F. The van der Waals surface area contributed by atoms with E-state index in [0.29, 0.717) is 17.9 Å². The molecule has 0 atom stereocenters. The molecule has 0 aromatic carbocycles. The van der Waals surface area contributed by atoms with Crippen LogP contribution in [0.4, 0.5) is 16.0 Å². The zero-order valence-corrected chi connectivity index (χ0v) is 10.0. The summed E-state index contributed by atoms with van der Waals surface area (Å²) in [5.41, 5.74) is 1.38. The van der Waals surface area contributed by atoms with E-state index in [-0.39, 0.29) is 5.82 Å². The molecule has 2 aromatic heterocycles. The van der Waals surface area contributed by atoms with Crippen LogP contribution in [0, 0.1) is 12.7 Å². The Labute approximate surface area is 98.7 Å². The molecule has 2 rings (SSSR count). The lowest BCUT2D eigenvalue weighted by Crippen LogP contribution is -2.03.